The van der Waals surface area contributed by atoms with Crippen LogP contribution < -0.4 is 10.6 Å². The number of rotatable bonds is 8. The smallest absolute Gasteiger partial charge is 0.261 e. The second-order valence-corrected chi connectivity index (χ2v) is 3.21. The highest BCUT2D eigenvalue weighted by Crippen LogP contribution is 1.93. The van der Waals surface area contributed by atoms with Crippen molar-refractivity contribution in [3.63, 3.8) is 0 Å². The van der Waals surface area contributed by atoms with E-state index in [0.717, 1.165) is 0 Å². The highest BCUT2D eigenvalue weighted by molar-refractivity contribution is 5.75. The molecule has 0 heterocycles. The van der Waals surface area contributed by atoms with Crippen LogP contribution in [-0.2, 0) is 9.53 Å². The summed E-state index contributed by atoms with van der Waals surface area (Å²) in [7, 11) is 1.79. The van der Waals surface area contributed by atoms with Crippen molar-refractivity contribution in [2.45, 2.75) is 25.8 Å². The first-order chi connectivity index (χ1) is 7.06. The highest BCUT2D eigenvalue weighted by Gasteiger charge is 2.05. The average Bonchev–Trinajstić information content (AvgIpc) is 2.20. The number of ether oxygens (including phenoxy) is 1. The van der Waals surface area contributed by atoms with Gasteiger partial charge in [-0.15, -0.1) is 0 Å². The maximum Gasteiger partial charge on any atom is 0.261 e. The molecule has 1 atom stereocenters. The zero-order valence-corrected chi connectivity index (χ0v) is 9.06. The van der Waals surface area contributed by atoms with Crippen molar-refractivity contribution < 1.29 is 18.3 Å². The van der Waals surface area contributed by atoms with Crippen molar-refractivity contribution in [2.24, 2.45) is 0 Å². The maximum absolute atomic E-state index is 11.6. The Labute approximate surface area is 88.4 Å². The summed E-state index contributed by atoms with van der Waals surface area (Å²) >= 11 is 0. The molecule has 0 aromatic heterocycles. The maximum atomic E-state index is 11.6. The fraction of sp³-hybridized carbons (Fsp3) is 0.889. The summed E-state index contributed by atoms with van der Waals surface area (Å²) in [5.74, 6) is -0.189. The van der Waals surface area contributed by atoms with Gasteiger partial charge < -0.3 is 15.4 Å². The van der Waals surface area contributed by atoms with Gasteiger partial charge in [0.25, 0.3) is 6.43 Å². The van der Waals surface area contributed by atoms with Crippen LogP contribution in [0.2, 0.25) is 0 Å². The fourth-order valence-electron chi connectivity index (χ4n) is 0.795. The quantitative estimate of drug-likeness (QED) is 0.586. The Morgan fingerprint density at radius 3 is 2.67 bits per heavy atom. The van der Waals surface area contributed by atoms with Crippen LogP contribution in [0.1, 0.15) is 13.3 Å². The summed E-state index contributed by atoms with van der Waals surface area (Å²) in [6.07, 6.45) is -2.36. The molecule has 0 aliphatic rings. The van der Waals surface area contributed by atoms with Crippen LogP contribution >= 0.6 is 0 Å². The SMILES string of the molecule is CNC(C)CNC(=O)CCOCC(F)F. The zero-order chi connectivity index (χ0) is 11.7. The number of alkyl halides is 2. The summed E-state index contributed by atoms with van der Waals surface area (Å²) in [6, 6.07) is 0.191. The van der Waals surface area contributed by atoms with E-state index in [0.29, 0.717) is 6.54 Å². The van der Waals surface area contributed by atoms with E-state index in [2.05, 4.69) is 15.4 Å². The molecule has 4 nitrogen and oxygen atoms in total. The molecule has 0 fully saturated rings. The molecule has 90 valence electrons. The van der Waals surface area contributed by atoms with Crippen LogP contribution in [0, 0.1) is 0 Å². The molecule has 0 aromatic carbocycles. The first-order valence-corrected chi connectivity index (χ1v) is 4.86. The topological polar surface area (TPSA) is 50.4 Å². The lowest BCUT2D eigenvalue weighted by molar-refractivity contribution is -0.122. The Kier molecular flexibility index (Phi) is 8.12. The standard InChI is InChI=1S/C9H18F2N2O2/c1-7(12-2)5-13-9(14)3-4-15-6-8(10)11/h7-8,12H,3-6H2,1-2H3,(H,13,14). The van der Waals surface area contributed by atoms with Gasteiger partial charge in [0.15, 0.2) is 0 Å². The van der Waals surface area contributed by atoms with Gasteiger partial charge in [-0.05, 0) is 14.0 Å². The summed E-state index contributed by atoms with van der Waals surface area (Å²) < 4.78 is 27.8. The van der Waals surface area contributed by atoms with E-state index in [1.165, 1.54) is 0 Å². The van der Waals surface area contributed by atoms with Crippen LogP contribution in [0.25, 0.3) is 0 Å². The summed E-state index contributed by atoms with van der Waals surface area (Å²) in [6.45, 7) is 1.86. The first-order valence-electron chi connectivity index (χ1n) is 4.86. The number of carbonyl (C=O) groups is 1. The van der Waals surface area contributed by atoms with Gasteiger partial charge in [-0.1, -0.05) is 0 Å². The lowest BCUT2D eigenvalue weighted by Crippen LogP contribution is -2.37. The molecular formula is C9H18F2N2O2. The molecule has 0 rings (SSSR count). The highest BCUT2D eigenvalue weighted by atomic mass is 19.3. The molecule has 0 bridgehead atoms. The van der Waals surface area contributed by atoms with Gasteiger partial charge >= 0.3 is 0 Å². The third-order valence-corrected chi connectivity index (χ3v) is 1.82. The van der Waals surface area contributed by atoms with Crippen molar-refractivity contribution in [3.8, 4) is 0 Å². The summed E-state index contributed by atoms with van der Waals surface area (Å²) in [4.78, 5) is 11.1. The zero-order valence-electron chi connectivity index (χ0n) is 9.06. The molecule has 0 spiro atoms. The summed E-state index contributed by atoms with van der Waals surface area (Å²) in [5, 5.41) is 5.61. The number of nitrogens with one attached hydrogen (secondary N) is 2. The third kappa shape index (κ3) is 9.55. The predicted octanol–water partition coefficient (Wildman–Crippen LogP) is 0.382. The lowest BCUT2D eigenvalue weighted by atomic mass is 10.3. The molecule has 1 unspecified atom stereocenters. The second-order valence-electron chi connectivity index (χ2n) is 3.21. The van der Waals surface area contributed by atoms with Crippen molar-refractivity contribution in [2.75, 3.05) is 26.8 Å². The average molecular weight is 224 g/mol. The Hall–Kier alpha value is -0.750. The fourth-order valence-corrected chi connectivity index (χ4v) is 0.795. The van der Waals surface area contributed by atoms with Gasteiger partial charge in [-0.2, -0.15) is 0 Å². The van der Waals surface area contributed by atoms with E-state index in [4.69, 9.17) is 0 Å². The number of hydrogen-bond acceptors (Lipinski definition) is 3. The number of hydrogen-bond donors (Lipinski definition) is 2. The van der Waals surface area contributed by atoms with Crippen molar-refractivity contribution >= 4 is 5.91 Å². The van der Waals surface area contributed by atoms with Crippen LogP contribution in [0.4, 0.5) is 8.78 Å². The van der Waals surface area contributed by atoms with E-state index >= 15 is 0 Å². The Morgan fingerprint density at radius 2 is 2.13 bits per heavy atom. The molecule has 0 radical (unpaired) electrons. The third-order valence-electron chi connectivity index (χ3n) is 1.82. The van der Waals surface area contributed by atoms with Gasteiger partial charge in [-0.3, -0.25) is 4.79 Å². The van der Waals surface area contributed by atoms with Crippen molar-refractivity contribution in [1.29, 1.82) is 0 Å². The number of amides is 1. The Balaban J connectivity index is 3.34. The van der Waals surface area contributed by atoms with Gasteiger partial charge in [0.05, 0.1) is 6.61 Å². The first kappa shape index (κ1) is 14.2. The molecule has 0 saturated heterocycles. The number of halogens is 2. The van der Waals surface area contributed by atoms with Gasteiger partial charge in [0, 0.05) is 19.0 Å². The Morgan fingerprint density at radius 1 is 1.47 bits per heavy atom. The second kappa shape index (κ2) is 8.55. The molecule has 15 heavy (non-hydrogen) atoms. The minimum atomic E-state index is -2.47. The summed E-state index contributed by atoms with van der Waals surface area (Å²) in [5.41, 5.74) is 0. The minimum Gasteiger partial charge on any atom is -0.375 e. The molecule has 1 amide bonds. The van der Waals surface area contributed by atoms with Crippen LogP contribution in [0.15, 0.2) is 0 Å². The van der Waals surface area contributed by atoms with Gasteiger partial charge in [0.2, 0.25) is 5.91 Å². The van der Waals surface area contributed by atoms with E-state index in [1.807, 2.05) is 6.92 Å². The molecule has 6 heteroatoms. The van der Waals surface area contributed by atoms with Gasteiger partial charge in [0.1, 0.15) is 6.61 Å². The molecular weight excluding hydrogens is 206 g/mol. The van der Waals surface area contributed by atoms with Crippen LogP contribution in [-0.4, -0.2) is 45.2 Å². The van der Waals surface area contributed by atoms with Crippen LogP contribution in [0.3, 0.4) is 0 Å². The molecule has 2 N–H and O–H groups in total. The molecule has 0 aliphatic carbocycles. The number of likely N-dealkylation sites (N-methyl/N-ethyl adjacent to an activating group) is 1. The van der Waals surface area contributed by atoms with Gasteiger partial charge in [-0.25, -0.2) is 8.78 Å². The number of carbonyl (C=O) groups excluding carboxylic acids is 1. The molecule has 0 aliphatic heterocycles. The van der Waals surface area contributed by atoms with Crippen molar-refractivity contribution in [3.05, 3.63) is 0 Å². The molecule has 0 aromatic rings. The van der Waals surface area contributed by atoms with E-state index < -0.39 is 13.0 Å². The monoisotopic (exact) mass is 224 g/mol. The Bertz CT molecular complexity index is 179. The largest absolute Gasteiger partial charge is 0.375 e. The van der Waals surface area contributed by atoms with Crippen LogP contribution in [0.5, 0.6) is 0 Å². The van der Waals surface area contributed by atoms with E-state index in [1.54, 1.807) is 7.05 Å². The lowest BCUT2D eigenvalue weighted by Gasteiger charge is -2.11. The van der Waals surface area contributed by atoms with Crippen molar-refractivity contribution in [1.82, 2.24) is 10.6 Å². The van der Waals surface area contributed by atoms with E-state index in [-0.39, 0.29) is 25.0 Å². The normalized spacial score (nSPS) is 12.9. The molecule has 0 saturated carbocycles. The van der Waals surface area contributed by atoms with E-state index in [9.17, 15) is 13.6 Å². The predicted molar refractivity (Wildman–Crippen MR) is 53.0 cm³/mol. The minimum absolute atomic E-state index is 0.0319.